The molecule has 234 valence electrons. The number of nitrogens with zero attached hydrogens (tertiary/aromatic N) is 3. The Morgan fingerprint density at radius 2 is 1.00 bits per heavy atom. The van der Waals surface area contributed by atoms with Gasteiger partial charge in [0, 0.05) is 39.4 Å². The molecule has 5 nitrogen and oxygen atoms in total. The van der Waals surface area contributed by atoms with Crippen LogP contribution in [-0.4, -0.2) is 9.13 Å². The van der Waals surface area contributed by atoms with Gasteiger partial charge in [-0.25, -0.2) is 10.9 Å². The molecule has 0 bridgehead atoms. The smallest absolute Gasteiger partial charge is 0.120 e. The van der Waals surface area contributed by atoms with Gasteiger partial charge in [0.25, 0.3) is 0 Å². The lowest BCUT2D eigenvalue weighted by atomic mass is 10.0. The molecular weight excluding hydrogens is 599 g/mol. The minimum absolute atomic E-state index is 0.0331. The van der Waals surface area contributed by atoms with E-state index in [1.54, 1.807) is 0 Å². The van der Waals surface area contributed by atoms with Gasteiger partial charge in [0.15, 0.2) is 0 Å². The summed E-state index contributed by atoms with van der Waals surface area (Å²) in [5, 5.41) is 6.29. The van der Waals surface area contributed by atoms with Crippen LogP contribution in [0.4, 0.5) is 5.69 Å². The number of hydrogen-bond acceptors (Lipinski definition) is 3. The molecule has 1 aliphatic rings. The molecule has 2 atom stereocenters. The number of para-hydroxylation sites is 1. The summed E-state index contributed by atoms with van der Waals surface area (Å²) in [6.07, 6.45) is 2.13. The standard InChI is InChI=1S/C44H33N5/c1-4-13-31(14-5-1)43-45-46-44(32-15-6-2-7-16-32)49(43)35-23-21-34(22-24-35)48-40-26-20-30-12-10-11-19-36(30)41(40)38-25-27-39-37(42(38)48)28-29-47(39)33-17-8-3-9-18-33/h1-29,43-46H. The van der Waals surface area contributed by atoms with Crippen LogP contribution in [0.2, 0.25) is 0 Å². The largest absolute Gasteiger partial charge is 0.330 e. The molecule has 5 heteroatoms. The number of nitrogens with one attached hydrogen (secondary N) is 2. The lowest BCUT2D eigenvalue weighted by Gasteiger charge is -2.31. The Kier molecular flexibility index (Phi) is 6.40. The van der Waals surface area contributed by atoms with E-state index in [1.165, 1.54) is 54.6 Å². The molecule has 0 spiro atoms. The van der Waals surface area contributed by atoms with E-state index >= 15 is 0 Å². The Bertz CT molecular complexity index is 2560. The molecule has 0 amide bonds. The molecule has 2 unspecified atom stereocenters. The van der Waals surface area contributed by atoms with Crippen LogP contribution < -0.4 is 15.8 Å². The maximum absolute atomic E-state index is 3.58. The first-order chi connectivity index (χ1) is 24.3. The van der Waals surface area contributed by atoms with Crippen LogP contribution in [0.1, 0.15) is 23.5 Å². The molecule has 49 heavy (non-hydrogen) atoms. The van der Waals surface area contributed by atoms with Crippen molar-refractivity contribution in [3.05, 3.63) is 187 Å². The Balaban J connectivity index is 1.18. The van der Waals surface area contributed by atoms with Crippen LogP contribution in [-0.2, 0) is 0 Å². The predicted molar refractivity (Wildman–Crippen MR) is 202 cm³/mol. The van der Waals surface area contributed by atoms with Gasteiger partial charge in [0.05, 0.1) is 16.6 Å². The third-order valence-corrected chi connectivity index (χ3v) is 10.1. The highest BCUT2D eigenvalue weighted by atomic mass is 15.6. The Morgan fingerprint density at radius 1 is 0.408 bits per heavy atom. The third-order valence-electron chi connectivity index (χ3n) is 10.1. The average Bonchev–Trinajstić information content (AvgIpc) is 3.90. The van der Waals surface area contributed by atoms with Gasteiger partial charge in [-0.3, -0.25) is 0 Å². The minimum atomic E-state index is -0.0331. The fraction of sp³-hybridized carbons (Fsp3) is 0.0455. The summed E-state index contributed by atoms with van der Waals surface area (Å²) in [7, 11) is 0. The SMILES string of the molecule is c1ccc(C2NNC(c3ccccc3)N2c2ccc(-n3c4ccc5ccccc5c4c4ccc5c(ccn5-c5ccccc5)c43)cc2)cc1. The quantitative estimate of drug-likeness (QED) is 0.199. The fourth-order valence-corrected chi connectivity index (χ4v) is 7.85. The normalized spacial score (nSPS) is 16.4. The Hall–Kier alpha value is -6.14. The predicted octanol–water partition coefficient (Wildman–Crippen LogP) is 10.2. The molecule has 1 aliphatic heterocycles. The van der Waals surface area contributed by atoms with E-state index in [0.29, 0.717) is 0 Å². The number of hydrazine groups is 1. The van der Waals surface area contributed by atoms with E-state index in [9.17, 15) is 0 Å². The number of benzene rings is 7. The van der Waals surface area contributed by atoms with E-state index in [4.69, 9.17) is 0 Å². The van der Waals surface area contributed by atoms with Gasteiger partial charge in [-0.1, -0.05) is 115 Å². The number of hydrogen-bond donors (Lipinski definition) is 2. The highest BCUT2D eigenvalue weighted by Crippen LogP contribution is 2.42. The first kappa shape index (κ1) is 27.9. The topological polar surface area (TPSA) is 37.2 Å². The molecule has 10 rings (SSSR count). The second-order valence-corrected chi connectivity index (χ2v) is 12.8. The summed E-state index contributed by atoms with van der Waals surface area (Å²) in [5.74, 6) is 0. The second-order valence-electron chi connectivity index (χ2n) is 12.8. The molecule has 2 aromatic heterocycles. The van der Waals surface area contributed by atoms with Crippen molar-refractivity contribution in [3.63, 3.8) is 0 Å². The van der Waals surface area contributed by atoms with Gasteiger partial charge in [0.1, 0.15) is 12.3 Å². The Labute approximate surface area is 284 Å². The zero-order valence-electron chi connectivity index (χ0n) is 26.7. The third kappa shape index (κ3) is 4.41. The van der Waals surface area contributed by atoms with Crippen LogP contribution >= 0.6 is 0 Å². The lowest BCUT2D eigenvalue weighted by molar-refractivity contribution is 0.555. The second kappa shape index (κ2) is 11.2. The summed E-state index contributed by atoms with van der Waals surface area (Å²) < 4.78 is 4.75. The van der Waals surface area contributed by atoms with E-state index in [-0.39, 0.29) is 12.3 Å². The highest BCUT2D eigenvalue weighted by Gasteiger charge is 2.35. The van der Waals surface area contributed by atoms with Gasteiger partial charge < -0.3 is 14.0 Å². The van der Waals surface area contributed by atoms with Crippen LogP contribution in [0.25, 0.3) is 54.9 Å². The summed E-state index contributed by atoms with van der Waals surface area (Å²) in [4.78, 5) is 2.44. The molecule has 2 N–H and O–H groups in total. The van der Waals surface area contributed by atoms with Crippen molar-refractivity contribution < 1.29 is 0 Å². The number of anilines is 1. The molecule has 0 aliphatic carbocycles. The van der Waals surface area contributed by atoms with Gasteiger partial charge in [-0.15, -0.1) is 0 Å². The molecule has 9 aromatic rings. The number of fused-ring (bicyclic) bond motifs is 7. The summed E-state index contributed by atoms with van der Waals surface area (Å²) in [5.41, 5.74) is 16.6. The highest BCUT2D eigenvalue weighted by molar-refractivity contribution is 6.25. The number of aromatic nitrogens is 2. The maximum Gasteiger partial charge on any atom is 0.120 e. The average molecular weight is 632 g/mol. The molecule has 1 saturated heterocycles. The van der Waals surface area contributed by atoms with Crippen LogP contribution in [0.3, 0.4) is 0 Å². The molecule has 3 heterocycles. The zero-order chi connectivity index (χ0) is 32.3. The first-order valence-electron chi connectivity index (χ1n) is 16.8. The van der Waals surface area contributed by atoms with Crippen molar-refractivity contribution in [1.82, 2.24) is 20.0 Å². The molecular formula is C44H33N5. The minimum Gasteiger partial charge on any atom is -0.330 e. The maximum atomic E-state index is 3.58. The molecule has 7 aromatic carbocycles. The van der Waals surface area contributed by atoms with E-state index in [2.05, 4.69) is 201 Å². The number of rotatable bonds is 5. The summed E-state index contributed by atoms with van der Waals surface area (Å²) >= 11 is 0. The van der Waals surface area contributed by atoms with Gasteiger partial charge in [-0.2, -0.15) is 0 Å². The van der Waals surface area contributed by atoms with Crippen LogP contribution in [0, 0.1) is 0 Å². The zero-order valence-corrected chi connectivity index (χ0v) is 26.7. The molecule has 0 radical (unpaired) electrons. The van der Waals surface area contributed by atoms with Crippen LogP contribution in [0.15, 0.2) is 176 Å². The van der Waals surface area contributed by atoms with Gasteiger partial charge >= 0.3 is 0 Å². The van der Waals surface area contributed by atoms with Crippen molar-refractivity contribution in [2.45, 2.75) is 12.3 Å². The fourth-order valence-electron chi connectivity index (χ4n) is 7.85. The first-order valence-corrected chi connectivity index (χ1v) is 16.8. The van der Waals surface area contributed by atoms with Crippen molar-refractivity contribution in [2.75, 3.05) is 4.90 Å². The lowest BCUT2D eigenvalue weighted by Crippen LogP contribution is -2.29. The Morgan fingerprint density at radius 3 is 1.69 bits per heavy atom. The monoisotopic (exact) mass is 631 g/mol. The van der Waals surface area contributed by atoms with E-state index < -0.39 is 0 Å². The summed E-state index contributed by atoms with van der Waals surface area (Å²) in [6, 6.07) is 61.1. The van der Waals surface area contributed by atoms with Crippen LogP contribution in [0.5, 0.6) is 0 Å². The van der Waals surface area contributed by atoms with Crippen molar-refractivity contribution in [1.29, 1.82) is 0 Å². The van der Waals surface area contributed by atoms with Gasteiger partial charge in [-0.05, 0) is 76.5 Å². The van der Waals surface area contributed by atoms with E-state index in [1.807, 2.05) is 0 Å². The molecule has 0 saturated carbocycles. The molecule has 1 fully saturated rings. The van der Waals surface area contributed by atoms with E-state index in [0.717, 1.165) is 17.1 Å². The van der Waals surface area contributed by atoms with Crippen molar-refractivity contribution in [3.8, 4) is 11.4 Å². The van der Waals surface area contributed by atoms with Crippen molar-refractivity contribution >= 4 is 49.2 Å². The summed E-state index contributed by atoms with van der Waals surface area (Å²) in [6.45, 7) is 0. The van der Waals surface area contributed by atoms with Crippen molar-refractivity contribution in [2.24, 2.45) is 0 Å². The van der Waals surface area contributed by atoms with Gasteiger partial charge in [0.2, 0.25) is 0 Å².